The molecule has 1 saturated heterocycles. The number of halogens is 2. The van der Waals surface area contributed by atoms with Crippen LogP contribution in [0.5, 0.6) is 0 Å². The van der Waals surface area contributed by atoms with E-state index in [0.29, 0.717) is 16.1 Å². The van der Waals surface area contributed by atoms with Gasteiger partial charge in [-0.05, 0) is 66.7 Å². The molecule has 0 saturated carbocycles. The van der Waals surface area contributed by atoms with Crippen molar-refractivity contribution in [3.8, 4) is 0 Å². The molecule has 2 rings (SSSR count). The summed E-state index contributed by atoms with van der Waals surface area (Å²) in [5.41, 5.74) is 0.454. The van der Waals surface area contributed by atoms with Crippen molar-refractivity contribution in [2.45, 2.75) is 44.8 Å². The zero-order valence-electron chi connectivity index (χ0n) is 11.5. The minimum absolute atomic E-state index is 0.0728. The van der Waals surface area contributed by atoms with Crippen LogP contribution in [0.25, 0.3) is 0 Å². The summed E-state index contributed by atoms with van der Waals surface area (Å²) in [4.78, 5) is 12.1. The van der Waals surface area contributed by atoms with Crippen molar-refractivity contribution in [1.82, 2.24) is 5.32 Å². The van der Waals surface area contributed by atoms with Gasteiger partial charge in [-0.25, -0.2) is 4.39 Å². The Morgan fingerprint density at radius 3 is 3.05 bits per heavy atom. The van der Waals surface area contributed by atoms with Crippen molar-refractivity contribution >= 4 is 21.8 Å². The molecule has 1 aromatic carbocycles. The van der Waals surface area contributed by atoms with Gasteiger partial charge in [0.05, 0.1) is 11.7 Å². The van der Waals surface area contributed by atoms with Gasteiger partial charge < -0.3 is 10.1 Å². The van der Waals surface area contributed by atoms with Crippen molar-refractivity contribution < 1.29 is 13.9 Å². The molecule has 5 heteroatoms. The van der Waals surface area contributed by atoms with Gasteiger partial charge in [0, 0.05) is 17.1 Å². The van der Waals surface area contributed by atoms with E-state index in [4.69, 9.17) is 4.74 Å². The highest BCUT2D eigenvalue weighted by molar-refractivity contribution is 9.10. The van der Waals surface area contributed by atoms with Crippen molar-refractivity contribution in [3.05, 3.63) is 34.1 Å². The highest BCUT2D eigenvalue weighted by atomic mass is 79.9. The quantitative estimate of drug-likeness (QED) is 0.885. The molecule has 1 aliphatic heterocycles. The number of hydrogen-bond donors (Lipinski definition) is 1. The predicted octanol–water partition coefficient (Wildman–Crippen LogP) is 3.67. The standard InChI is InChI=1S/C15H19BrFNO2/c1-10(4-6-12-3-2-8-20-12)18-15(19)13-7-5-11(17)9-14(13)16/h5,7,9-10,12H,2-4,6,8H2,1H3,(H,18,19)/t10-,12-/m0/s1. The predicted molar refractivity (Wildman–Crippen MR) is 79.2 cm³/mol. The summed E-state index contributed by atoms with van der Waals surface area (Å²) in [5.74, 6) is -0.545. The summed E-state index contributed by atoms with van der Waals surface area (Å²) in [6, 6.07) is 4.15. The van der Waals surface area contributed by atoms with E-state index < -0.39 is 0 Å². The maximum absolute atomic E-state index is 13.0. The van der Waals surface area contributed by atoms with Gasteiger partial charge in [0.15, 0.2) is 0 Å². The van der Waals surface area contributed by atoms with E-state index >= 15 is 0 Å². The van der Waals surface area contributed by atoms with Gasteiger partial charge in [0.25, 0.3) is 5.91 Å². The molecule has 1 N–H and O–H groups in total. The van der Waals surface area contributed by atoms with Crippen molar-refractivity contribution in [1.29, 1.82) is 0 Å². The van der Waals surface area contributed by atoms with Crippen LogP contribution in [-0.2, 0) is 4.74 Å². The molecule has 0 bridgehead atoms. The fourth-order valence-corrected chi connectivity index (χ4v) is 2.89. The van der Waals surface area contributed by atoms with Gasteiger partial charge in [0.2, 0.25) is 0 Å². The summed E-state index contributed by atoms with van der Waals surface area (Å²) >= 11 is 3.21. The summed E-state index contributed by atoms with van der Waals surface area (Å²) in [7, 11) is 0. The SMILES string of the molecule is C[C@@H](CC[C@@H]1CCCO1)NC(=O)c1ccc(F)cc1Br. The average Bonchev–Trinajstić information content (AvgIpc) is 2.89. The van der Waals surface area contributed by atoms with E-state index in [1.807, 2.05) is 6.92 Å². The molecular formula is C15H19BrFNO2. The summed E-state index contributed by atoms with van der Waals surface area (Å²) < 4.78 is 19.0. The molecule has 1 aromatic rings. The smallest absolute Gasteiger partial charge is 0.252 e. The lowest BCUT2D eigenvalue weighted by atomic mass is 10.1. The van der Waals surface area contributed by atoms with E-state index in [-0.39, 0.29) is 17.8 Å². The van der Waals surface area contributed by atoms with Crippen LogP contribution in [0.3, 0.4) is 0 Å². The number of rotatable bonds is 5. The first-order valence-electron chi connectivity index (χ1n) is 6.94. The molecule has 3 nitrogen and oxygen atoms in total. The Kier molecular flexibility index (Phi) is 5.54. The molecule has 1 fully saturated rings. The Labute approximate surface area is 127 Å². The minimum atomic E-state index is -0.361. The number of nitrogens with one attached hydrogen (secondary N) is 1. The van der Waals surface area contributed by atoms with Gasteiger partial charge >= 0.3 is 0 Å². The Balaban J connectivity index is 1.83. The Morgan fingerprint density at radius 1 is 1.60 bits per heavy atom. The van der Waals surface area contributed by atoms with Crippen LogP contribution in [0.4, 0.5) is 4.39 Å². The largest absolute Gasteiger partial charge is 0.378 e. The highest BCUT2D eigenvalue weighted by Gasteiger charge is 2.18. The normalized spacial score (nSPS) is 19.9. The molecule has 110 valence electrons. The zero-order chi connectivity index (χ0) is 14.5. The first kappa shape index (κ1) is 15.4. The van der Waals surface area contributed by atoms with Gasteiger partial charge in [-0.1, -0.05) is 0 Å². The first-order valence-corrected chi connectivity index (χ1v) is 7.73. The van der Waals surface area contributed by atoms with Gasteiger partial charge in [-0.15, -0.1) is 0 Å². The van der Waals surface area contributed by atoms with Gasteiger partial charge in [-0.3, -0.25) is 4.79 Å². The fraction of sp³-hybridized carbons (Fsp3) is 0.533. The van der Waals surface area contributed by atoms with Crippen LogP contribution in [0.1, 0.15) is 43.0 Å². The van der Waals surface area contributed by atoms with E-state index in [1.54, 1.807) is 0 Å². The maximum Gasteiger partial charge on any atom is 0.252 e. The number of benzene rings is 1. The molecule has 0 spiro atoms. The van der Waals surface area contributed by atoms with Crippen LogP contribution in [0.15, 0.2) is 22.7 Å². The van der Waals surface area contributed by atoms with Gasteiger partial charge in [0.1, 0.15) is 5.82 Å². The average molecular weight is 344 g/mol. The first-order chi connectivity index (χ1) is 9.56. The topological polar surface area (TPSA) is 38.3 Å². The van der Waals surface area contributed by atoms with Crippen LogP contribution < -0.4 is 5.32 Å². The lowest BCUT2D eigenvalue weighted by Gasteiger charge is -2.16. The van der Waals surface area contributed by atoms with E-state index in [9.17, 15) is 9.18 Å². The van der Waals surface area contributed by atoms with Crippen molar-refractivity contribution in [2.24, 2.45) is 0 Å². The monoisotopic (exact) mass is 343 g/mol. The van der Waals surface area contributed by atoms with Crippen LogP contribution in [0, 0.1) is 5.82 Å². The third kappa shape index (κ3) is 4.28. The number of ether oxygens (including phenoxy) is 1. The second kappa shape index (κ2) is 7.18. The highest BCUT2D eigenvalue weighted by Crippen LogP contribution is 2.19. The van der Waals surface area contributed by atoms with E-state index in [2.05, 4.69) is 21.2 Å². The number of carbonyl (C=O) groups excluding carboxylic acids is 1. The minimum Gasteiger partial charge on any atom is -0.378 e. The molecule has 1 heterocycles. The van der Waals surface area contributed by atoms with Crippen LogP contribution in [-0.4, -0.2) is 24.7 Å². The molecular weight excluding hydrogens is 325 g/mol. The van der Waals surface area contributed by atoms with E-state index in [0.717, 1.165) is 32.3 Å². The molecule has 1 aliphatic rings. The number of carbonyl (C=O) groups is 1. The third-order valence-corrected chi connectivity index (χ3v) is 4.15. The third-order valence-electron chi connectivity index (χ3n) is 3.50. The fourth-order valence-electron chi connectivity index (χ4n) is 2.36. The van der Waals surface area contributed by atoms with Crippen molar-refractivity contribution in [3.63, 3.8) is 0 Å². The molecule has 20 heavy (non-hydrogen) atoms. The van der Waals surface area contributed by atoms with Crippen molar-refractivity contribution in [2.75, 3.05) is 6.61 Å². The Morgan fingerprint density at radius 2 is 2.40 bits per heavy atom. The lowest BCUT2D eigenvalue weighted by molar-refractivity contribution is 0.0898. The summed E-state index contributed by atoms with van der Waals surface area (Å²) in [5, 5.41) is 2.93. The number of hydrogen-bond acceptors (Lipinski definition) is 2. The molecule has 1 amide bonds. The molecule has 0 aromatic heterocycles. The van der Waals surface area contributed by atoms with E-state index in [1.165, 1.54) is 18.2 Å². The lowest BCUT2D eigenvalue weighted by Crippen LogP contribution is -2.33. The molecule has 0 radical (unpaired) electrons. The van der Waals surface area contributed by atoms with Gasteiger partial charge in [-0.2, -0.15) is 0 Å². The Bertz CT molecular complexity index is 475. The van der Waals surface area contributed by atoms with Crippen LogP contribution >= 0.6 is 15.9 Å². The molecule has 0 unspecified atom stereocenters. The van der Waals surface area contributed by atoms with Crippen LogP contribution in [0.2, 0.25) is 0 Å². The summed E-state index contributed by atoms with van der Waals surface area (Å²) in [6.07, 6.45) is 4.44. The second-order valence-corrected chi connectivity index (χ2v) is 6.07. The second-order valence-electron chi connectivity index (χ2n) is 5.21. The summed E-state index contributed by atoms with van der Waals surface area (Å²) in [6.45, 7) is 2.83. The molecule has 0 aliphatic carbocycles. The zero-order valence-corrected chi connectivity index (χ0v) is 13.1. The number of amides is 1. The molecule has 2 atom stereocenters. The Hall–Kier alpha value is -0.940. The maximum atomic E-state index is 13.0.